The van der Waals surface area contributed by atoms with E-state index in [0.29, 0.717) is 17.5 Å². The van der Waals surface area contributed by atoms with E-state index in [0.717, 1.165) is 31.6 Å². The molecule has 0 aliphatic heterocycles. The summed E-state index contributed by atoms with van der Waals surface area (Å²) >= 11 is 0. The number of nitrogens with zero attached hydrogens (tertiary/aromatic N) is 3. The number of hydrogen-bond acceptors (Lipinski definition) is 4. The van der Waals surface area contributed by atoms with E-state index in [4.69, 9.17) is 5.26 Å². The zero-order chi connectivity index (χ0) is 16.9. The smallest absolute Gasteiger partial charge is 0.310 e. The third kappa shape index (κ3) is 3.74. The van der Waals surface area contributed by atoms with Crippen molar-refractivity contribution >= 4 is 0 Å². The Kier molecular flexibility index (Phi) is 5.11. The van der Waals surface area contributed by atoms with Gasteiger partial charge in [0.2, 0.25) is 0 Å². The summed E-state index contributed by atoms with van der Waals surface area (Å²) in [5, 5.41) is 19.2. The van der Waals surface area contributed by atoms with Crippen LogP contribution in [0.2, 0.25) is 0 Å². The van der Waals surface area contributed by atoms with Crippen LogP contribution in [-0.2, 0) is 20.0 Å². The maximum absolute atomic E-state index is 11.5. The van der Waals surface area contributed by atoms with Gasteiger partial charge in [-0.1, -0.05) is 25.0 Å². The first-order valence-corrected chi connectivity index (χ1v) is 8.50. The molecule has 6 nitrogen and oxygen atoms in total. The third-order valence-corrected chi connectivity index (χ3v) is 4.98. The summed E-state index contributed by atoms with van der Waals surface area (Å²) in [6.45, 7) is 0.798. The molecule has 2 aromatic rings. The van der Waals surface area contributed by atoms with E-state index >= 15 is 0 Å². The van der Waals surface area contributed by atoms with Crippen LogP contribution in [0.5, 0.6) is 0 Å². The van der Waals surface area contributed by atoms with E-state index in [1.54, 1.807) is 11.6 Å². The van der Waals surface area contributed by atoms with Gasteiger partial charge in [0.25, 0.3) is 0 Å². The Hall–Kier alpha value is -2.39. The largest absolute Gasteiger partial charge is 0.343 e. The molecule has 3 rings (SSSR count). The number of nitrogens with one attached hydrogen (secondary N) is 2. The van der Waals surface area contributed by atoms with E-state index in [1.165, 1.54) is 18.4 Å². The fourth-order valence-corrected chi connectivity index (χ4v) is 3.46. The number of aromatic nitrogens is 3. The molecule has 0 amide bonds. The number of rotatable bonds is 5. The second kappa shape index (κ2) is 7.45. The highest BCUT2D eigenvalue weighted by atomic mass is 16.1. The van der Waals surface area contributed by atoms with Gasteiger partial charge in [-0.05, 0) is 36.5 Å². The van der Waals surface area contributed by atoms with Crippen molar-refractivity contribution in [3.63, 3.8) is 0 Å². The Morgan fingerprint density at radius 3 is 2.75 bits per heavy atom. The highest BCUT2D eigenvalue weighted by Crippen LogP contribution is 2.27. The summed E-state index contributed by atoms with van der Waals surface area (Å²) in [6, 6.07) is 10.3. The monoisotopic (exact) mass is 325 g/mol. The van der Waals surface area contributed by atoms with Crippen LogP contribution in [0.1, 0.15) is 42.6 Å². The van der Waals surface area contributed by atoms with E-state index in [2.05, 4.69) is 21.6 Å². The quantitative estimate of drug-likeness (QED) is 0.878. The van der Waals surface area contributed by atoms with Crippen LogP contribution in [0.15, 0.2) is 29.1 Å². The van der Waals surface area contributed by atoms with E-state index in [-0.39, 0.29) is 5.69 Å². The molecule has 0 saturated heterocycles. The van der Waals surface area contributed by atoms with Crippen molar-refractivity contribution in [2.24, 2.45) is 13.0 Å². The van der Waals surface area contributed by atoms with Crippen LogP contribution in [0.25, 0.3) is 0 Å². The van der Waals surface area contributed by atoms with Gasteiger partial charge in [0, 0.05) is 26.1 Å². The maximum Gasteiger partial charge on any atom is 0.343 e. The lowest BCUT2D eigenvalue weighted by Gasteiger charge is -2.32. The Balaban J connectivity index is 1.62. The van der Waals surface area contributed by atoms with E-state index in [9.17, 15) is 4.79 Å². The summed E-state index contributed by atoms with van der Waals surface area (Å²) in [6.07, 6.45) is 5.60. The van der Waals surface area contributed by atoms with Crippen LogP contribution < -0.4 is 11.0 Å². The molecule has 1 aromatic heterocycles. The van der Waals surface area contributed by atoms with Gasteiger partial charge in [0.05, 0.1) is 11.6 Å². The molecule has 1 aromatic carbocycles. The van der Waals surface area contributed by atoms with Gasteiger partial charge < -0.3 is 5.32 Å². The van der Waals surface area contributed by atoms with Crippen molar-refractivity contribution in [1.29, 1.82) is 5.26 Å². The number of hydrogen-bond donors (Lipinski definition) is 2. The molecule has 1 heterocycles. The minimum absolute atomic E-state index is 0.150. The predicted octanol–water partition coefficient (Wildman–Crippen LogP) is 1.87. The Bertz CT molecular complexity index is 768. The molecule has 1 saturated carbocycles. The fourth-order valence-electron chi connectivity index (χ4n) is 3.46. The van der Waals surface area contributed by atoms with Gasteiger partial charge >= 0.3 is 5.69 Å². The summed E-state index contributed by atoms with van der Waals surface area (Å²) in [5.41, 5.74) is 1.72. The zero-order valence-electron chi connectivity index (χ0n) is 14.0. The van der Waals surface area contributed by atoms with Crippen molar-refractivity contribution in [1.82, 2.24) is 20.1 Å². The van der Waals surface area contributed by atoms with Crippen LogP contribution >= 0.6 is 0 Å². The first-order valence-electron chi connectivity index (χ1n) is 8.50. The van der Waals surface area contributed by atoms with Crippen LogP contribution in [0.3, 0.4) is 0 Å². The molecule has 6 heteroatoms. The number of H-pyrrole nitrogens is 1. The standard InChI is InChI=1S/C18H23N5O/c1-23-17(21-22-18(23)24)10-15-4-2-3-5-16(15)20-12-14-8-6-13(11-19)7-9-14/h6-9,15-16,20H,2-5,10,12H2,1H3,(H,22,24)/t15-,16-/m1/s1. The van der Waals surface area contributed by atoms with Gasteiger partial charge in [0.1, 0.15) is 5.82 Å². The van der Waals surface area contributed by atoms with Crippen molar-refractivity contribution in [2.45, 2.75) is 44.7 Å². The molecular weight excluding hydrogens is 302 g/mol. The number of nitriles is 1. The van der Waals surface area contributed by atoms with Crippen molar-refractivity contribution in [3.8, 4) is 6.07 Å². The average Bonchev–Trinajstić information content (AvgIpc) is 2.93. The predicted molar refractivity (Wildman–Crippen MR) is 91.3 cm³/mol. The molecule has 2 N–H and O–H groups in total. The number of aromatic amines is 1. The minimum atomic E-state index is -0.150. The Labute approximate surface area is 141 Å². The normalized spacial score (nSPS) is 20.7. The highest BCUT2D eigenvalue weighted by molar-refractivity contribution is 5.31. The van der Waals surface area contributed by atoms with Gasteiger partial charge in [-0.3, -0.25) is 4.57 Å². The lowest BCUT2D eigenvalue weighted by Crippen LogP contribution is -2.39. The first kappa shape index (κ1) is 16.5. The molecular formula is C18H23N5O. The lowest BCUT2D eigenvalue weighted by atomic mass is 9.82. The molecule has 126 valence electrons. The topological polar surface area (TPSA) is 86.5 Å². The molecule has 0 bridgehead atoms. The summed E-state index contributed by atoms with van der Waals surface area (Å²) < 4.78 is 1.60. The molecule has 1 fully saturated rings. The minimum Gasteiger partial charge on any atom is -0.310 e. The fraction of sp³-hybridized carbons (Fsp3) is 0.500. The maximum atomic E-state index is 11.5. The molecule has 0 unspecified atom stereocenters. The second-order valence-electron chi connectivity index (χ2n) is 6.55. The van der Waals surface area contributed by atoms with Gasteiger partial charge in [-0.25, -0.2) is 9.89 Å². The molecule has 0 radical (unpaired) electrons. The summed E-state index contributed by atoms with van der Waals surface area (Å²) in [5.74, 6) is 1.32. The van der Waals surface area contributed by atoms with Gasteiger partial charge in [-0.15, -0.1) is 0 Å². The molecule has 2 atom stereocenters. The third-order valence-electron chi connectivity index (χ3n) is 4.98. The van der Waals surface area contributed by atoms with Crippen molar-refractivity contribution in [2.75, 3.05) is 0 Å². The average molecular weight is 325 g/mol. The van der Waals surface area contributed by atoms with Crippen LogP contribution in [0, 0.1) is 17.2 Å². The lowest BCUT2D eigenvalue weighted by molar-refractivity contribution is 0.255. The molecule has 0 spiro atoms. The SMILES string of the molecule is Cn1c(C[C@H]2CCCC[C@H]2NCc2ccc(C#N)cc2)n[nH]c1=O. The Morgan fingerprint density at radius 2 is 2.08 bits per heavy atom. The van der Waals surface area contributed by atoms with Gasteiger partial charge in [-0.2, -0.15) is 10.4 Å². The molecule has 1 aliphatic rings. The highest BCUT2D eigenvalue weighted by Gasteiger charge is 2.26. The van der Waals surface area contributed by atoms with Crippen LogP contribution in [0.4, 0.5) is 0 Å². The van der Waals surface area contributed by atoms with Crippen molar-refractivity contribution in [3.05, 3.63) is 51.7 Å². The van der Waals surface area contributed by atoms with Crippen LogP contribution in [-0.4, -0.2) is 20.8 Å². The first-order chi connectivity index (χ1) is 11.7. The van der Waals surface area contributed by atoms with Crippen molar-refractivity contribution < 1.29 is 0 Å². The zero-order valence-corrected chi connectivity index (χ0v) is 14.0. The van der Waals surface area contributed by atoms with E-state index in [1.807, 2.05) is 24.3 Å². The summed E-state index contributed by atoms with van der Waals surface area (Å²) in [4.78, 5) is 11.5. The summed E-state index contributed by atoms with van der Waals surface area (Å²) in [7, 11) is 1.77. The van der Waals surface area contributed by atoms with E-state index < -0.39 is 0 Å². The number of benzene rings is 1. The molecule has 1 aliphatic carbocycles. The Morgan fingerprint density at radius 1 is 1.33 bits per heavy atom. The second-order valence-corrected chi connectivity index (χ2v) is 6.55. The molecule has 24 heavy (non-hydrogen) atoms. The van der Waals surface area contributed by atoms with Gasteiger partial charge in [0.15, 0.2) is 0 Å².